The molecule has 158 valence electrons. The van der Waals surface area contributed by atoms with Gasteiger partial charge in [0.15, 0.2) is 12.2 Å². The number of benzene rings is 3. The van der Waals surface area contributed by atoms with Crippen molar-refractivity contribution in [1.29, 1.82) is 0 Å². The number of carbonyl (C=O) groups is 3. The van der Waals surface area contributed by atoms with Crippen LogP contribution in [-0.2, 0) is 23.9 Å². The third kappa shape index (κ3) is 5.55. The summed E-state index contributed by atoms with van der Waals surface area (Å²) in [5.74, 6) is -3.66. The maximum absolute atomic E-state index is 13.0. The van der Waals surface area contributed by atoms with Crippen molar-refractivity contribution in [1.82, 2.24) is 0 Å². The molecule has 0 saturated carbocycles. The predicted octanol–water partition coefficient (Wildman–Crippen LogP) is 3.94. The Morgan fingerprint density at radius 1 is 0.548 bits per heavy atom. The average Bonchev–Trinajstić information content (AvgIpc) is 2.79. The van der Waals surface area contributed by atoms with E-state index in [-0.39, 0.29) is 5.56 Å². The Labute approximate surface area is 178 Å². The van der Waals surface area contributed by atoms with Gasteiger partial charge >= 0.3 is 17.9 Å². The van der Waals surface area contributed by atoms with Crippen molar-refractivity contribution < 1.29 is 34.1 Å². The molecule has 2 unspecified atom stereocenters. The van der Waals surface area contributed by atoms with Crippen molar-refractivity contribution in [2.75, 3.05) is 0 Å². The summed E-state index contributed by atoms with van der Waals surface area (Å²) in [6, 6.07) is 24.4. The molecule has 3 rings (SSSR count). The molecular weight excluding hydrogens is 400 g/mol. The minimum Gasteiger partial charge on any atom is -0.479 e. The number of esters is 1. The lowest BCUT2D eigenvalue weighted by atomic mass is 10.1. The molecule has 0 aromatic heterocycles. The van der Waals surface area contributed by atoms with E-state index in [1.54, 1.807) is 78.9 Å². The SMILES string of the molecule is O=C(O)C(OC(=O)[C@H](OC(C(=O)O)c1ccccc1)c1ccccc1)c1ccccc1. The van der Waals surface area contributed by atoms with E-state index >= 15 is 0 Å². The van der Waals surface area contributed by atoms with Crippen LogP contribution in [0.1, 0.15) is 35.0 Å². The van der Waals surface area contributed by atoms with Crippen LogP contribution in [0.3, 0.4) is 0 Å². The minimum absolute atomic E-state index is 0.271. The lowest BCUT2D eigenvalue weighted by Crippen LogP contribution is -2.28. The first kappa shape index (κ1) is 21.7. The summed E-state index contributed by atoms with van der Waals surface area (Å²) in [5.41, 5.74) is 0.946. The number of ether oxygens (including phenoxy) is 2. The molecule has 7 heteroatoms. The molecule has 3 aromatic carbocycles. The molecular formula is C24H20O7. The van der Waals surface area contributed by atoms with Gasteiger partial charge in [-0.15, -0.1) is 0 Å². The number of rotatable bonds is 9. The molecule has 0 bridgehead atoms. The Kier molecular flexibility index (Phi) is 7.13. The first-order valence-corrected chi connectivity index (χ1v) is 9.43. The van der Waals surface area contributed by atoms with Gasteiger partial charge in [-0.25, -0.2) is 14.4 Å². The van der Waals surface area contributed by atoms with Gasteiger partial charge in [0, 0.05) is 5.56 Å². The number of carboxylic acid groups (broad SMARTS) is 2. The van der Waals surface area contributed by atoms with Crippen LogP contribution in [0.4, 0.5) is 0 Å². The van der Waals surface area contributed by atoms with Gasteiger partial charge in [-0.3, -0.25) is 0 Å². The number of hydrogen-bond acceptors (Lipinski definition) is 5. The van der Waals surface area contributed by atoms with Gasteiger partial charge in [-0.2, -0.15) is 0 Å². The Balaban J connectivity index is 1.92. The Bertz CT molecular complexity index is 1020. The standard InChI is InChI=1S/C24H20O7/c25-22(26)19(16-10-4-1-5-11-16)30-21(18-14-8-3-9-15-18)24(29)31-20(23(27)28)17-12-6-2-7-13-17/h1-15,19-21H,(H,25,26)(H,27,28)/t19?,20?,21-/m1/s1. The first-order valence-electron chi connectivity index (χ1n) is 9.43. The highest BCUT2D eigenvalue weighted by atomic mass is 16.6. The second kappa shape index (κ2) is 10.2. The number of carboxylic acids is 2. The quantitative estimate of drug-likeness (QED) is 0.505. The van der Waals surface area contributed by atoms with E-state index in [0.717, 1.165) is 0 Å². The highest BCUT2D eigenvalue weighted by molar-refractivity contribution is 5.83. The lowest BCUT2D eigenvalue weighted by Gasteiger charge is -2.23. The van der Waals surface area contributed by atoms with Crippen LogP contribution in [0.2, 0.25) is 0 Å². The average molecular weight is 420 g/mol. The van der Waals surface area contributed by atoms with Crippen LogP contribution in [0, 0.1) is 0 Å². The molecule has 0 amide bonds. The molecule has 0 radical (unpaired) electrons. The third-order valence-corrected chi connectivity index (χ3v) is 4.48. The van der Waals surface area contributed by atoms with Gasteiger partial charge in [-0.05, 0) is 11.1 Å². The highest BCUT2D eigenvalue weighted by Gasteiger charge is 2.34. The molecule has 7 nitrogen and oxygen atoms in total. The molecule has 0 saturated heterocycles. The van der Waals surface area contributed by atoms with Gasteiger partial charge in [0.05, 0.1) is 0 Å². The predicted molar refractivity (Wildman–Crippen MR) is 110 cm³/mol. The van der Waals surface area contributed by atoms with Gasteiger partial charge in [0.1, 0.15) is 0 Å². The van der Waals surface area contributed by atoms with E-state index < -0.39 is 36.2 Å². The summed E-state index contributed by atoms with van der Waals surface area (Å²) in [4.78, 5) is 36.6. The van der Waals surface area contributed by atoms with E-state index in [4.69, 9.17) is 9.47 Å². The largest absolute Gasteiger partial charge is 0.479 e. The first-order chi connectivity index (χ1) is 15.0. The molecule has 0 heterocycles. The Hall–Kier alpha value is -3.97. The third-order valence-electron chi connectivity index (χ3n) is 4.48. The fourth-order valence-corrected chi connectivity index (χ4v) is 3.01. The second-order valence-electron chi connectivity index (χ2n) is 6.62. The topological polar surface area (TPSA) is 110 Å². The molecule has 3 aromatic rings. The molecule has 0 spiro atoms. The Morgan fingerprint density at radius 2 is 0.903 bits per heavy atom. The van der Waals surface area contributed by atoms with Crippen molar-refractivity contribution in [3.05, 3.63) is 108 Å². The molecule has 0 aliphatic carbocycles. The molecule has 31 heavy (non-hydrogen) atoms. The fraction of sp³-hybridized carbons (Fsp3) is 0.125. The summed E-state index contributed by atoms with van der Waals surface area (Å²) < 4.78 is 11.0. The summed E-state index contributed by atoms with van der Waals surface area (Å²) in [6.07, 6.45) is -4.48. The van der Waals surface area contributed by atoms with Gasteiger partial charge in [0.2, 0.25) is 6.10 Å². The van der Waals surface area contributed by atoms with Crippen LogP contribution < -0.4 is 0 Å². The van der Waals surface area contributed by atoms with Crippen LogP contribution in [0.25, 0.3) is 0 Å². The zero-order valence-corrected chi connectivity index (χ0v) is 16.3. The minimum atomic E-state index is -1.57. The van der Waals surface area contributed by atoms with Crippen molar-refractivity contribution in [3.8, 4) is 0 Å². The van der Waals surface area contributed by atoms with Crippen molar-refractivity contribution in [3.63, 3.8) is 0 Å². The smallest absolute Gasteiger partial charge is 0.349 e. The molecule has 3 atom stereocenters. The monoisotopic (exact) mass is 420 g/mol. The summed E-state index contributed by atoms with van der Waals surface area (Å²) in [7, 11) is 0. The van der Waals surface area contributed by atoms with E-state index in [1.807, 2.05) is 0 Å². The van der Waals surface area contributed by atoms with Crippen molar-refractivity contribution in [2.45, 2.75) is 18.3 Å². The summed E-state index contributed by atoms with van der Waals surface area (Å²) >= 11 is 0. The molecule has 0 fully saturated rings. The maximum atomic E-state index is 13.0. The molecule has 0 aliphatic heterocycles. The van der Waals surface area contributed by atoms with Crippen molar-refractivity contribution >= 4 is 17.9 Å². The van der Waals surface area contributed by atoms with Gasteiger partial charge < -0.3 is 19.7 Å². The van der Waals surface area contributed by atoms with E-state index in [0.29, 0.717) is 11.1 Å². The number of hydrogen-bond donors (Lipinski definition) is 2. The molecule has 2 N–H and O–H groups in total. The van der Waals surface area contributed by atoms with Gasteiger partial charge in [-0.1, -0.05) is 91.0 Å². The van der Waals surface area contributed by atoms with E-state index in [9.17, 15) is 24.6 Å². The lowest BCUT2D eigenvalue weighted by molar-refractivity contribution is -0.180. The van der Waals surface area contributed by atoms with Crippen LogP contribution in [-0.4, -0.2) is 28.1 Å². The highest BCUT2D eigenvalue weighted by Crippen LogP contribution is 2.30. The van der Waals surface area contributed by atoms with Crippen LogP contribution in [0.15, 0.2) is 91.0 Å². The Morgan fingerprint density at radius 3 is 1.29 bits per heavy atom. The summed E-state index contributed by atoms with van der Waals surface area (Å²) in [5, 5.41) is 19.2. The number of carbonyl (C=O) groups excluding carboxylic acids is 1. The molecule has 0 aliphatic rings. The van der Waals surface area contributed by atoms with E-state index in [1.165, 1.54) is 12.1 Å². The van der Waals surface area contributed by atoms with Crippen LogP contribution in [0.5, 0.6) is 0 Å². The zero-order valence-electron chi connectivity index (χ0n) is 16.3. The van der Waals surface area contributed by atoms with Gasteiger partial charge in [0.25, 0.3) is 0 Å². The maximum Gasteiger partial charge on any atom is 0.349 e. The van der Waals surface area contributed by atoms with Crippen molar-refractivity contribution in [2.24, 2.45) is 0 Å². The van der Waals surface area contributed by atoms with Crippen LogP contribution >= 0.6 is 0 Å². The second-order valence-corrected chi connectivity index (χ2v) is 6.62. The number of aliphatic carboxylic acids is 2. The normalized spacial score (nSPS) is 13.5. The summed E-state index contributed by atoms with van der Waals surface area (Å²) in [6.45, 7) is 0. The van der Waals surface area contributed by atoms with E-state index in [2.05, 4.69) is 0 Å². The zero-order chi connectivity index (χ0) is 22.2. The fourth-order valence-electron chi connectivity index (χ4n) is 3.01.